The highest BCUT2D eigenvalue weighted by molar-refractivity contribution is 14.0. The molecule has 0 aliphatic rings. The van der Waals surface area contributed by atoms with E-state index >= 15 is 0 Å². The standard InChI is InChI=1S/C21H29N7.HI/c1-14(11-18-15(2)27-28(5)16(18)3)25-21(22-4)24-13-20-23-12-19(26-20)17-9-7-6-8-10-17;/h6-10,12,14H,11,13H2,1-5H3,(H,23,26)(H2,22,24,25);1H. The van der Waals surface area contributed by atoms with Crippen LogP contribution in [0.2, 0.25) is 0 Å². The van der Waals surface area contributed by atoms with Gasteiger partial charge >= 0.3 is 0 Å². The fourth-order valence-corrected chi connectivity index (χ4v) is 3.28. The summed E-state index contributed by atoms with van der Waals surface area (Å²) in [6.07, 6.45) is 2.75. The Hall–Kier alpha value is -2.36. The van der Waals surface area contributed by atoms with Crippen LogP contribution in [0.4, 0.5) is 0 Å². The fourth-order valence-electron chi connectivity index (χ4n) is 3.28. The molecule has 0 spiro atoms. The lowest BCUT2D eigenvalue weighted by Gasteiger charge is -2.18. The van der Waals surface area contributed by atoms with Gasteiger partial charge in [0.2, 0.25) is 0 Å². The summed E-state index contributed by atoms with van der Waals surface area (Å²) >= 11 is 0. The minimum absolute atomic E-state index is 0. The number of aromatic amines is 1. The first-order valence-electron chi connectivity index (χ1n) is 9.53. The highest BCUT2D eigenvalue weighted by Gasteiger charge is 2.14. The van der Waals surface area contributed by atoms with Gasteiger partial charge in [-0.3, -0.25) is 9.67 Å². The topological polar surface area (TPSA) is 82.9 Å². The Bertz CT molecular complexity index is 943. The van der Waals surface area contributed by atoms with E-state index in [1.807, 2.05) is 36.1 Å². The maximum Gasteiger partial charge on any atom is 0.191 e. The van der Waals surface area contributed by atoms with E-state index in [1.165, 1.54) is 11.3 Å². The number of aromatic nitrogens is 4. The average molecular weight is 507 g/mol. The summed E-state index contributed by atoms with van der Waals surface area (Å²) in [5, 5.41) is 11.3. The Kier molecular flexibility index (Phi) is 8.24. The smallest absolute Gasteiger partial charge is 0.191 e. The van der Waals surface area contributed by atoms with Crippen molar-refractivity contribution in [3.63, 3.8) is 0 Å². The van der Waals surface area contributed by atoms with Crippen molar-refractivity contribution in [2.24, 2.45) is 12.0 Å². The Balaban J connectivity index is 0.00000300. The fraction of sp³-hybridized carbons (Fsp3) is 0.381. The van der Waals surface area contributed by atoms with Crippen molar-refractivity contribution in [2.45, 2.75) is 39.8 Å². The first kappa shape index (κ1) is 22.9. The van der Waals surface area contributed by atoms with Gasteiger partial charge in [-0.2, -0.15) is 5.10 Å². The summed E-state index contributed by atoms with van der Waals surface area (Å²) in [5.74, 6) is 1.62. The number of H-pyrrole nitrogens is 1. The van der Waals surface area contributed by atoms with E-state index in [9.17, 15) is 0 Å². The SMILES string of the molecule is CN=C(NCc1ncc(-c2ccccc2)[nH]1)NC(C)Cc1c(C)nn(C)c1C.I. The summed E-state index contributed by atoms with van der Waals surface area (Å²) in [6.45, 7) is 6.89. The van der Waals surface area contributed by atoms with E-state index in [-0.39, 0.29) is 30.0 Å². The third-order valence-corrected chi connectivity index (χ3v) is 4.91. The van der Waals surface area contributed by atoms with Crippen LogP contribution in [0.1, 0.15) is 29.7 Å². The van der Waals surface area contributed by atoms with Crippen molar-refractivity contribution < 1.29 is 0 Å². The second-order valence-electron chi connectivity index (χ2n) is 7.06. The minimum Gasteiger partial charge on any atom is -0.354 e. The molecule has 0 saturated heterocycles. The molecule has 29 heavy (non-hydrogen) atoms. The highest BCUT2D eigenvalue weighted by atomic mass is 127. The molecular weight excluding hydrogens is 477 g/mol. The summed E-state index contributed by atoms with van der Waals surface area (Å²) in [7, 11) is 3.76. The van der Waals surface area contributed by atoms with E-state index < -0.39 is 0 Å². The van der Waals surface area contributed by atoms with Gasteiger partial charge in [0.1, 0.15) is 5.82 Å². The number of aliphatic imine (C=N–C) groups is 1. The van der Waals surface area contributed by atoms with E-state index in [0.29, 0.717) is 6.54 Å². The molecule has 7 nitrogen and oxygen atoms in total. The van der Waals surface area contributed by atoms with Gasteiger partial charge in [-0.05, 0) is 38.3 Å². The van der Waals surface area contributed by atoms with Crippen LogP contribution in [0.15, 0.2) is 41.5 Å². The number of rotatable bonds is 6. The predicted molar refractivity (Wildman–Crippen MR) is 129 cm³/mol. The summed E-state index contributed by atoms with van der Waals surface area (Å²) in [6, 6.07) is 10.4. The maximum absolute atomic E-state index is 4.50. The molecule has 1 atom stereocenters. The van der Waals surface area contributed by atoms with Crippen molar-refractivity contribution in [1.82, 2.24) is 30.4 Å². The molecule has 2 heterocycles. The molecule has 0 aliphatic carbocycles. The summed E-state index contributed by atoms with van der Waals surface area (Å²) in [5.41, 5.74) is 5.71. The molecule has 3 N–H and O–H groups in total. The lowest BCUT2D eigenvalue weighted by Crippen LogP contribution is -2.43. The molecule has 0 radical (unpaired) electrons. The van der Waals surface area contributed by atoms with Crippen LogP contribution >= 0.6 is 24.0 Å². The Morgan fingerprint density at radius 3 is 2.59 bits per heavy atom. The van der Waals surface area contributed by atoms with Gasteiger partial charge in [0.15, 0.2) is 5.96 Å². The van der Waals surface area contributed by atoms with Gasteiger partial charge in [0.25, 0.3) is 0 Å². The summed E-state index contributed by atoms with van der Waals surface area (Å²) < 4.78 is 1.94. The average Bonchev–Trinajstić information content (AvgIpc) is 3.26. The van der Waals surface area contributed by atoms with Gasteiger partial charge in [-0.25, -0.2) is 4.98 Å². The van der Waals surface area contributed by atoms with Crippen LogP contribution in [0.3, 0.4) is 0 Å². The number of aryl methyl sites for hydroxylation is 2. The number of guanidine groups is 1. The predicted octanol–water partition coefficient (Wildman–Crippen LogP) is 3.34. The zero-order chi connectivity index (χ0) is 20.1. The molecule has 0 bridgehead atoms. The van der Waals surface area contributed by atoms with E-state index in [4.69, 9.17) is 0 Å². The third kappa shape index (κ3) is 5.81. The molecule has 1 aromatic carbocycles. The van der Waals surface area contributed by atoms with Crippen molar-refractivity contribution in [3.8, 4) is 11.3 Å². The lowest BCUT2D eigenvalue weighted by atomic mass is 10.1. The second kappa shape index (κ2) is 10.4. The second-order valence-corrected chi connectivity index (χ2v) is 7.06. The number of hydrogen-bond acceptors (Lipinski definition) is 3. The number of benzene rings is 1. The lowest BCUT2D eigenvalue weighted by molar-refractivity contribution is 0.633. The van der Waals surface area contributed by atoms with Crippen LogP contribution in [-0.2, 0) is 20.0 Å². The molecule has 0 amide bonds. The minimum atomic E-state index is 0. The van der Waals surface area contributed by atoms with E-state index in [1.54, 1.807) is 7.05 Å². The molecule has 1 unspecified atom stereocenters. The van der Waals surface area contributed by atoms with Crippen molar-refractivity contribution in [3.05, 3.63) is 59.3 Å². The quantitative estimate of drug-likeness (QED) is 0.272. The van der Waals surface area contributed by atoms with Gasteiger partial charge < -0.3 is 15.6 Å². The summed E-state index contributed by atoms with van der Waals surface area (Å²) in [4.78, 5) is 12.1. The molecule has 0 fully saturated rings. The monoisotopic (exact) mass is 507 g/mol. The largest absolute Gasteiger partial charge is 0.354 e. The Morgan fingerprint density at radius 2 is 1.97 bits per heavy atom. The molecule has 0 aliphatic heterocycles. The first-order valence-corrected chi connectivity index (χ1v) is 9.53. The van der Waals surface area contributed by atoms with E-state index in [2.05, 4.69) is 63.6 Å². The van der Waals surface area contributed by atoms with Crippen molar-refractivity contribution in [1.29, 1.82) is 0 Å². The first-order chi connectivity index (χ1) is 13.5. The molecular formula is C21H30IN7. The van der Waals surface area contributed by atoms with Crippen LogP contribution in [0.25, 0.3) is 11.3 Å². The molecule has 0 saturated carbocycles. The Labute approximate surface area is 189 Å². The zero-order valence-corrected chi connectivity index (χ0v) is 20.0. The van der Waals surface area contributed by atoms with Crippen LogP contribution in [0.5, 0.6) is 0 Å². The van der Waals surface area contributed by atoms with Crippen molar-refractivity contribution >= 4 is 29.9 Å². The number of imidazole rings is 1. The molecule has 156 valence electrons. The molecule has 3 aromatic rings. The van der Waals surface area contributed by atoms with Gasteiger partial charge in [-0.15, -0.1) is 24.0 Å². The normalized spacial score (nSPS) is 12.4. The molecule has 3 rings (SSSR count). The number of halogens is 1. The number of nitrogens with zero attached hydrogens (tertiary/aromatic N) is 4. The van der Waals surface area contributed by atoms with Gasteiger partial charge in [0, 0.05) is 25.8 Å². The van der Waals surface area contributed by atoms with Crippen LogP contribution in [-0.4, -0.2) is 38.8 Å². The number of hydrogen-bond donors (Lipinski definition) is 3. The maximum atomic E-state index is 4.50. The molecule has 2 aromatic heterocycles. The zero-order valence-electron chi connectivity index (χ0n) is 17.7. The van der Waals surface area contributed by atoms with Crippen LogP contribution < -0.4 is 10.6 Å². The molecule has 8 heteroatoms. The van der Waals surface area contributed by atoms with E-state index in [0.717, 1.165) is 35.2 Å². The Morgan fingerprint density at radius 1 is 1.24 bits per heavy atom. The van der Waals surface area contributed by atoms with Crippen LogP contribution in [0, 0.1) is 13.8 Å². The van der Waals surface area contributed by atoms with Crippen molar-refractivity contribution in [2.75, 3.05) is 7.05 Å². The van der Waals surface area contributed by atoms with Gasteiger partial charge in [0.05, 0.1) is 24.1 Å². The third-order valence-electron chi connectivity index (χ3n) is 4.91. The number of nitrogens with one attached hydrogen (secondary N) is 3. The highest BCUT2D eigenvalue weighted by Crippen LogP contribution is 2.16. The van der Waals surface area contributed by atoms with Gasteiger partial charge in [-0.1, -0.05) is 30.3 Å².